The van der Waals surface area contributed by atoms with E-state index >= 15 is 0 Å². The third kappa shape index (κ3) is 3.07. The van der Waals surface area contributed by atoms with Crippen molar-refractivity contribution in [1.82, 2.24) is 4.90 Å². The molecule has 2 nitrogen and oxygen atoms in total. The Balaban J connectivity index is 1.70. The lowest BCUT2D eigenvalue weighted by molar-refractivity contribution is 0.0596. The molecule has 4 heteroatoms. The number of halogens is 1. The van der Waals surface area contributed by atoms with Crippen LogP contribution >= 0.6 is 27.3 Å². The van der Waals surface area contributed by atoms with E-state index in [1.165, 1.54) is 53.9 Å². The zero-order valence-electron chi connectivity index (χ0n) is 11.4. The van der Waals surface area contributed by atoms with E-state index in [0.29, 0.717) is 6.04 Å². The molecule has 2 N–H and O–H groups in total. The van der Waals surface area contributed by atoms with Crippen LogP contribution in [0.4, 0.5) is 0 Å². The van der Waals surface area contributed by atoms with Crippen molar-refractivity contribution in [3.63, 3.8) is 0 Å². The lowest BCUT2D eigenvalue weighted by atomic mass is 9.75. The number of hydrogen-bond donors (Lipinski definition) is 1. The number of rotatable bonds is 3. The maximum absolute atomic E-state index is 6.06. The molecule has 3 rings (SSSR count). The van der Waals surface area contributed by atoms with Crippen LogP contribution in [0.1, 0.15) is 43.0 Å². The molecule has 19 heavy (non-hydrogen) atoms. The molecule has 2 heterocycles. The first-order chi connectivity index (χ1) is 9.28. The minimum Gasteiger partial charge on any atom is -0.329 e. The van der Waals surface area contributed by atoms with E-state index in [0.717, 1.165) is 18.4 Å². The molecule has 3 unspecified atom stereocenters. The maximum atomic E-state index is 6.06. The number of nitrogens with two attached hydrogens (primary N) is 1. The van der Waals surface area contributed by atoms with Crippen LogP contribution in [0.25, 0.3) is 0 Å². The van der Waals surface area contributed by atoms with Gasteiger partial charge < -0.3 is 5.73 Å². The topological polar surface area (TPSA) is 29.3 Å². The third-order valence-corrected chi connectivity index (χ3v) is 6.63. The first-order valence-corrected chi connectivity index (χ1v) is 9.08. The Morgan fingerprint density at radius 1 is 1.26 bits per heavy atom. The normalized spacial score (nSPS) is 30.0. The molecule has 1 aliphatic heterocycles. The summed E-state index contributed by atoms with van der Waals surface area (Å²) < 4.78 is 1.22. The minimum absolute atomic E-state index is 0.430. The van der Waals surface area contributed by atoms with Crippen LogP contribution in [0.2, 0.25) is 0 Å². The summed E-state index contributed by atoms with van der Waals surface area (Å²) in [7, 11) is 0. The van der Waals surface area contributed by atoms with Crippen LogP contribution in [-0.2, 0) is 0 Å². The van der Waals surface area contributed by atoms with Gasteiger partial charge in [0.2, 0.25) is 0 Å². The molecule has 1 aliphatic carbocycles. The zero-order valence-corrected chi connectivity index (χ0v) is 13.8. The second-order valence-corrected chi connectivity index (χ2v) is 8.48. The summed E-state index contributed by atoms with van der Waals surface area (Å²) in [5.41, 5.74) is 6.06. The monoisotopic (exact) mass is 342 g/mol. The maximum Gasteiger partial charge on any atom is 0.0702 e. The van der Waals surface area contributed by atoms with Crippen molar-refractivity contribution in [3.8, 4) is 0 Å². The number of hydrogen-bond acceptors (Lipinski definition) is 3. The molecule has 106 valence electrons. The average Bonchev–Trinajstić information content (AvgIpc) is 2.86. The summed E-state index contributed by atoms with van der Waals surface area (Å²) in [5.74, 6) is 1.93. The fourth-order valence-electron chi connectivity index (χ4n) is 3.86. The third-order valence-electron chi connectivity index (χ3n) is 4.91. The van der Waals surface area contributed by atoms with Gasteiger partial charge in [0.1, 0.15) is 0 Å². The average molecular weight is 343 g/mol. The molecule has 0 radical (unpaired) electrons. The molecular formula is C15H23BrN2S. The Bertz CT molecular complexity index is 420. The van der Waals surface area contributed by atoms with Gasteiger partial charge in [-0.2, -0.15) is 0 Å². The molecule has 0 aromatic carbocycles. The second kappa shape index (κ2) is 6.25. The molecule has 2 fully saturated rings. The predicted octanol–water partition coefficient (Wildman–Crippen LogP) is 4.02. The molecular weight excluding hydrogens is 320 g/mol. The van der Waals surface area contributed by atoms with Gasteiger partial charge in [-0.15, -0.1) is 11.3 Å². The Labute approximate surface area is 128 Å². The van der Waals surface area contributed by atoms with Crippen LogP contribution in [0.15, 0.2) is 15.9 Å². The SMILES string of the molecule is NCC(c1ccc(Br)s1)N1CCC2CCCCC2C1. The van der Waals surface area contributed by atoms with Crippen molar-refractivity contribution >= 4 is 27.3 Å². The number of likely N-dealkylation sites (tertiary alicyclic amines) is 1. The number of thiophene rings is 1. The van der Waals surface area contributed by atoms with Gasteiger partial charge in [-0.3, -0.25) is 4.90 Å². The van der Waals surface area contributed by atoms with Crippen molar-refractivity contribution in [2.45, 2.75) is 38.1 Å². The Morgan fingerprint density at radius 2 is 2.05 bits per heavy atom. The molecule has 1 aromatic heterocycles. The molecule has 1 aromatic rings. The number of nitrogens with zero attached hydrogens (tertiary/aromatic N) is 1. The van der Waals surface area contributed by atoms with Gasteiger partial charge in [0, 0.05) is 18.0 Å². The van der Waals surface area contributed by atoms with Crippen LogP contribution in [0.5, 0.6) is 0 Å². The standard InChI is InChI=1S/C15H23BrN2S/c16-15-6-5-14(19-15)13(9-17)18-8-7-11-3-1-2-4-12(11)10-18/h5-6,11-13H,1-4,7-10,17H2. The van der Waals surface area contributed by atoms with E-state index in [1.54, 1.807) is 0 Å². The minimum atomic E-state index is 0.430. The highest BCUT2D eigenvalue weighted by Crippen LogP contribution is 2.39. The summed E-state index contributed by atoms with van der Waals surface area (Å²) in [6.45, 7) is 3.24. The van der Waals surface area contributed by atoms with Gasteiger partial charge in [-0.25, -0.2) is 0 Å². The van der Waals surface area contributed by atoms with Crippen molar-refractivity contribution < 1.29 is 0 Å². The Kier molecular flexibility index (Phi) is 4.62. The predicted molar refractivity (Wildman–Crippen MR) is 85.5 cm³/mol. The van der Waals surface area contributed by atoms with E-state index in [9.17, 15) is 0 Å². The highest BCUT2D eigenvalue weighted by atomic mass is 79.9. The van der Waals surface area contributed by atoms with Crippen LogP contribution in [0, 0.1) is 11.8 Å². The zero-order chi connectivity index (χ0) is 13.2. The fraction of sp³-hybridized carbons (Fsp3) is 0.733. The smallest absolute Gasteiger partial charge is 0.0702 e. The van der Waals surface area contributed by atoms with E-state index in [-0.39, 0.29) is 0 Å². The van der Waals surface area contributed by atoms with Gasteiger partial charge in [-0.05, 0) is 59.3 Å². The lowest BCUT2D eigenvalue weighted by Gasteiger charge is -2.44. The molecule has 0 amide bonds. The molecule has 3 atom stereocenters. The van der Waals surface area contributed by atoms with Gasteiger partial charge in [-0.1, -0.05) is 19.3 Å². The summed E-state index contributed by atoms with van der Waals surface area (Å²) in [5, 5.41) is 0. The van der Waals surface area contributed by atoms with E-state index in [2.05, 4.69) is 33.0 Å². The fourth-order valence-corrected chi connectivity index (χ4v) is 5.44. The van der Waals surface area contributed by atoms with E-state index in [4.69, 9.17) is 5.73 Å². The lowest BCUT2D eigenvalue weighted by Crippen LogP contribution is -2.45. The summed E-state index contributed by atoms with van der Waals surface area (Å²) >= 11 is 5.41. The first-order valence-electron chi connectivity index (χ1n) is 7.47. The number of piperidine rings is 1. The summed E-state index contributed by atoms with van der Waals surface area (Å²) in [4.78, 5) is 4.06. The summed E-state index contributed by atoms with van der Waals surface area (Å²) in [6.07, 6.45) is 7.18. The van der Waals surface area contributed by atoms with Crippen molar-refractivity contribution in [1.29, 1.82) is 0 Å². The highest BCUT2D eigenvalue weighted by Gasteiger charge is 2.34. The van der Waals surface area contributed by atoms with E-state index in [1.807, 2.05) is 11.3 Å². The van der Waals surface area contributed by atoms with Crippen LogP contribution < -0.4 is 5.73 Å². The Hall–Kier alpha value is 0.1000. The molecule has 1 saturated heterocycles. The highest BCUT2D eigenvalue weighted by molar-refractivity contribution is 9.11. The first kappa shape index (κ1) is 14.1. The van der Waals surface area contributed by atoms with Crippen LogP contribution in [-0.4, -0.2) is 24.5 Å². The summed E-state index contributed by atoms with van der Waals surface area (Å²) in [6, 6.07) is 4.81. The molecule has 1 saturated carbocycles. The Morgan fingerprint density at radius 3 is 2.74 bits per heavy atom. The largest absolute Gasteiger partial charge is 0.329 e. The van der Waals surface area contributed by atoms with Gasteiger partial charge in [0.05, 0.1) is 9.83 Å². The number of fused-ring (bicyclic) bond motifs is 1. The van der Waals surface area contributed by atoms with Gasteiger partial charge in [0.15, 0.2) is 0 Å². The molecule has 0 bridgehead atoms. The van der Waals surface area contributed by atoms with Crippen molar-refractivity contribution in [2.75, 3.05) is 19.6 Å². The van der Waals surface area contributed by atoms with Crippen molar-refractivity contribution in [3.05, 3.63) is 20.8 Å². The van der Waals surface area contributed by atoms with Gasteiger partial charge in [0.25, 0.3) is 0 Å². The quantitative estimate of drug-likeness (QED) is 0.898. The van der Waals surface area contributed by atoms with E-state index < -0.39 is 0 Å². The van der Waals surface area contributed by atoms with Gasteiger partial charge >= 0.3 is 0 Å². The molecule has 0 spiro atoms. The molecule has 2 aliphatic rings. The van der Waals surface area contributed by atoms with Crippen LogP contribution in [0.3, 0.4) is 0 Å². The van der Waals surface area contributed by atoms with Crippen molar-refractivity contribution in [2.24, 2.45) is 17.6 Å². The second-order valence-electron chi connectivity index (χ2n) is 5.98.